The highest BCUT2D eigenvalue weighted by atomic mass is 16.5. The van der Waals surface area contributed by atoms with Crippen molar-refractivity contribution in [1.29, 1.82) is 0 Å². The molecule has 122 valence electrons. The molecule has 0 radical (unpaired) electrons. The topological polar surface area (TPSA) is 62.5 Å². The van der Waals surface area contributed by atoms with Gasteiger partial charge in [0.25, 0.3) is 0 Å². The van der Waals surface area contributed by atoms with Crippen molar-refractivity contribution in [3.63, 3.8) is 0 Å². The van der Waals surface area contributed by atoms with Crippen LogP contribution in [-0.2, 0) is 4.79 Å². The second-order valence-electron chi connectivity index (χ2n) is 6.42. The van der Waals surface area contributed by atoms with E-state index in [-0.39, 0.29) is 6.04 Å². The number of aryl methyl sites for hydroxylation is 1. The predicted molar refractivity (Wildman–Crippen MR) is 82.5 cm³/mol. The van der Waals surface area contributed by atoms with Gasteiger partial charge in [0.2, 0.25) is 11.8 Å². The molecular formula is C16H26N4O2. The van der Waals surface area contributed by atoms with Crippen LogP contribution >= 0.6 is 0 Å². The minimum atomic E-state index is 0.0981. The van der Waals surface area contributed by atoms with Crippen LogP contribution in [0, 0.1) is 6.92 Å². The number of piperidine rings is 2. The molecule has 2 aliphatic heterocycles. The van der Waals surface area contributed by atoms with E-state index in [1.165, 1.54) is 12.8 Å². The predicted octanol–water partition coefficient (Wildman–Crippen LogP) is 1.96. The summed E-state index contributed by atoms with van der Waals surface area (Å²) in [5.74, 6) is 2.05. The molecule has 0 aromatic carbocycles. The van der Waals surface area contributed by atoms with Crippen LogP contribution in [0.4, 0.5) is 0 Å². The molecule has 1 atom stereocenters. The number of hydrogen-bond acceptors (Lipinski definition) is 5. The van der Waals surface area contributed by atoms with E-state index in [0.29, 0.717) is 17.6 Å². The third-order valence-corrected chi connectivity index (χ3v) is 5.00. The summed E-state index contributed by atoms with van der Waals surface area (Å²) >= 11 is 0. The van der Waals surface area contributed by atoms with Gasteiger partial charge in [0, 0.05) is 19.0 Å². The summed E-state index contributed by atoms with van der Waals surface area (Å²) in [6, 6.07) is 0.0981. The highest BCUT2D eigenvalue weighted by Gasteiger charge is 2.34. The molecule has 3 rings (SSSR count). The maximum absolute atomic E-state index is 12.8. The van der Waals surface area contributed by atoms with Crippen LogP contribution < -0.4 is 0 Å². The fourth-order valence-corrected chi connectivity index (χ4v) is 3.69. The number of carbonyl (C=O) groups excluding carboxylic acids is 1. The molecule has 3 heterocycles. The Bertz CT molecular complexity index is 508. The Hall–Kier alpha value is -1.43. The molecule has 6 nitrogen and oxygen atoms in total. The molecule has 0 spiro atoms. The first-order valence-corrected chi connectivity index (χ1v) is 8.52. The zero-order chi connectivity index (χ0) is 15.5. The fraction of sp³-hybridized carbons (Fsp3) is 0.812. The summed E-state index contributed by atoms with van der Waals surface area (Å²) in [5.41, 5.74) is 0. The molecule has 1 aromatic rings. The quantitative estimate of drug-likeness (QED) is 0.854. The Morgan fingerprint density at radius 1 is 1.23 bits per heavy atom. The Morgan fingerprint density at radius 3 is 2.64 bits per heavy atom. The lowest BCUT2D eigenvalue weighted by molar-refractivity contribution is -0.139. The first kappa shape index (κ1) is 15.5. The second kappa shape index (κ2) is 6.77. The summed E-state index contributed by atoms with van der Waals surface area (Å²) in [6.07, 6.45) is 5.24. The van der Waals surface area contributed by atoms with E-state index in [4.69, 9.17) is 4.52 Å². The number of amides is 1. The van der Waals surface area contributed by atoms with E-state index in [1.54, 1.807) is 0 Å². The van der Waals surface area contributed by atoms with Crippen molar-refractivity contribution in [2.75, 3.05) is 26.2 Å². The van der Waals surface area contributed by atoms with Gasteiger partial charge in [-0.05, 0) is 45.7 Å². The molecule has 0 N–H and O–H groups in total. The number of nitrogens with zero attached hydrogens (tertiary/aromatic N) is 4. The van der Waals surface area contributed by atoms with Crippen LogP contribution in [-0.4, -0.2) is 58.1 Å². The zero-order valence-electron chi connectivity index (χ0n) is 13.6. The van der Waals surface area contributed by atoms with Gasteiger partial charge in [-0.3, -0.25) is 9.69 Å². The van der Waals surface area contributed by atoms with Crippen molar-refractivity contribution < 1.29 is 9.32 Å². The van der Waals surface area contributed by atoms with E-state index < -0.39 is 0 Å². The van der Waals surface area contributed by atoms with Crippen molar-refractivity contribution in [2.45, 2.75) is 57.9 Å². The van der Waals surface area contributed by atoms with Gasteiger partial charge < -0.3 is 9.42 Å². The minimum absolute atomic E-state index is 0.0981. The third kappa shape index (κ3) is 3.16. The molecule has 22 heavy (non-hydrogen) atoms. The third-order valence-electron chi connectivity index (χ3n) is 5.00. The molecule has 0 aliphatic carbocycles. The highest BCUT2D eigenvalue weighted by molar-refractivity contribution is 5.82. The number of likely N-dealkylation sites (N-methyl/N-ethyl adjacent to an activating group) is 1. The highest BCUT2D eigenvalue weighted by Crippen LogP contribution is 2.28. The lowest BCUT2D eigenvalue weighted by Crippen LogP contribution is -2.52. The standard InChI is InChI=1S/C16H26N4O2/c1-3-19-9-5-4-6-14(19)16(21)20-10-7-13(8-11-20)15-17-12(2)18-22-15/h13-14H,3-11H2,1-2H3. The molecule has 0 bridgehead atoms. The Morgan fingerprint density at radius 2 is 2.00 bits per heavy atom. The first-order valence-electron chi connectivity index (χ1n) is 8.52. The van der Waals surface area contributed by atoms with Gasteiger partial charge in [-0.2, -0.15) is 4.98 Å². The van der Waals surface area contributed by atoms with Crippen LogP contribution in [0.3, 0.4) is 0 Å². The van der Waals surface area contributed by atoms with Crippen LogP contribution in [0.15, 0.2) is 4.52 Å². The molecule has 2 saturated heterocycles. The van der Waals surface area contributed by atoms with Crippen LogP contribution in [0.1, 0.15) is 56.7 Å². The number of aromatic nitrogens is 2. The van der Waals surface area contributed by atoms with Crippen molar-refractivity contribution in [1.82, 2.24) is 19.9 Å². The number of likely N-dealkylation sites (tertiary alicyclic amines) is 2. The van der Waals surface area contributed by atoms with E-state index in [9.17, 15) is 4.79 Å². The average Bonchev–Trinajstić information content (AvgIpc) is 3.01. The summed E-state index contributed by atoms with van der Waals surface area (Å²) in [7, 11) is 0. The van der Waals surface area contributed by atoms with Gasteiger partial charge >= 0.3 is 0 Å². The van der Waals surface area contributed by atoms with Gasteiger partial charge in [0.15, 0.2) is 5.82 Å². The average molecular weight is 306 g/mol. The van der Waals surface area contributed by atoms with Crippen LogP contribution in [0.5, 0.6) is 0 Å². The van der Waals surface area contributed by atoms with E-state index in [2.05, 4.69) is 22.0 Å². The van der Waals surface area contributed by atoms with Crippen molar-refractivity contribution in [3.8, 4) is 0 Å². The maximum atomic E-state index is 12.8. The molecule has 1 unspecified atom stereocenters. The van der Waals surface area contributed by atoms with Crippen LogP contribution in [0.25, 0.3) is 0 Å². The monoisotopic (exact) mass is 306 g/mol. The molecular weight excluding hydrogens is 280 g/mol. The SMILES string of the molecule is CCN1CCCCC1C(=O)N1CCC(c2nc(C)no2)CC1. The molecule has 1 amide bonds. The zero-order valence-corrected chi connectivity index (χ0v) is 13.6. The summed E-state index contributed by atoms with van der Waals surface area (Å²) in [5, 5.41) is 3.87. The maximum Gasteiger partial charge on any atom is 0.239 e. The molecule has 0 saturated carbocycles. The van der Waals surface area contributed by atoms with E-state index in [0.717, 1.165) is 51.3 Å². The summed E-state index contributed by atoms with van der Waals surface area (Å²) < 4.78 is 5.28. The Balaban J connectivity index is 1.57. The summed E-state index contributed by atoms with van der Waals surface area (Å²) in [6.45, 7) is 7.63. The number of hydrogen-bond donors (Lipinski definition) is 0. The van der Waals surface area contributed by atoms with Gasteiger partial charge in [-0.15, -0.1) is 0 Å². The minimum Gasteiger partial charge on any atom is -0.341 e. The van der Waals surface area contributed by atoms with Gasteiger partial charge in [-0.1, -0.05) is 18.5 Å². The smallest absolute Gasteiger partial charge is 0.239 e. The number of rotatable bonds is 3. The lowest BCUT2D eigenvalue weighted by atomic mass is 9.94. The molecule has 6 heteroatoms. The van der Waals surface area contributed by atoms with E-state index >= 15 is 0 Å². The van der Waals surface area contributed by atoms with Gasteiger partial charge in [0.05, 0.1) is 6.04 Å². The lowest BCUT2D eigenvalue weighted by Gasteiger charge is -2.39. The van der Waals surface area contributed by atoms with Gasteiger partial charge in [-0.25, -0.2) is 0 Å². The summed E-state index contributed by atoms with van der Waals surface area (Å²) in [4.78, 5) is 21.5. The number of carbonyl (C=O) groups is 1. The molecule has 2 fully saturated rings. The Labute approximate surface area is 131 Å². The second-order valence-corrected chi connectivity index (χ2v) is 6.42. The molecule has 2 aliphatic rings. The van der Waals surface area contributed by atoms with E-state index in [1.807, 2.05) is 11.8 Å². The van der Waals surface area contributed by atoms with Gasteiger partial charge in [0.1, 0.15) is 0 Å². The normalized spacial score (nSPS) is 24.6. The van der Waals surface area contributed by atoms with Crippen molar-refractivity contribution >= 4 is 5.91 Å². The van der Waals surface area contributed by atoms with Crippen LogP contribution in [0.2, 0.25) is 0 Å². The Kier molecular flexibility index (Phi) is 4.76. The first-order chi connectivity index (χ1) is 10.7. The largest absolute Gasteiger partial charge is 0.341 e. The fourth-order valence-electron chi connectivity index (χ4n) is 3.69. The van der Waals surface area contributed by atoms with Crippen molar-refractivity contribution in [2.24, 2.45) is 0 Å². The van der Waals surface area contributed by atoms with Crippen molar-refractivity contribution in [3.05, 3.63) is 11.7 Å². The molecule has 1 aromatic heterocycles.